The number of nitrogens with two attached hydrogens (primary N) is 1. The van der Waals surface area contributed by atoms with Gasteiger partial charge in [0.1, 0.15) is 5.82 Å². The third-order valence-corrected chi connectivity index (χ3v) is 4.76. The predicted molar refractivity (Wildman–Crippen MR) is 103 cm³/mol. The second-order valence-corrected chi connectivity index (χ2v) is 6.86. The largest absolute Gasteiger partial charge is 0.398 e. The summed E-state index contributed by atoms with van der Waals surface area (Å²) < 4.78 is 13.4. The summed E-state index contributed by atoms with van der Waals surface area (Å²) in [5.74, 6) is -0.639. The van der Waals surface area contributed by atoms with E-state index in [2.05, 4.69) is 34.1 Å². The summed E-state index contributed by atoms with van der Waals surface area (Å²) in [4.78, 5) is 18.7. The van der Waals surface area contributed by atoms with Crippen molar-refractivity contribution in [2.75, 3.05) is 50.9 Å². The topological polar surface area (TPSA) is 52.8 Å². The van der Waals surface area contributed by atoms with E-state index in [1.165, 1.54) is 29.4 Å². The van der Waals surface area contributed by atoms with Crippen molar-refractivity contribution < 1.29 is 9.18 Å². The van der Waals surface area contributed by atoms with E-state index in [-0.39, 0.29) is 11.5 Å². The van der Waals surface area contributed by atoms with Crippen molar-refractivity contribution in [2.24, 2.45) is 0 Å². The minimum atomic E-state index is -0.442. The SMILES string of the molecule is CN(C)c1ccc(CN2CCN(C(=O)c3cc(F)ccc3N)CC2)cc1. The fourth-order valence-corrected chi connectivity index (χ4v) is 3.15. The van der Waals surface area contributed by atoms with Crippen LogP contribution in [0.1, 0.15) is 15.9 Å². The summed E-state index contributed by atoms with van der Waals surface area (Å²) in [5, 5.41) is 0. The van der Waals surface area contributed by atoms with Gasteiger partial charge >= 0.3 is 0 Å². The lowest BCUT2D eigenvalue weighted by Gasteiger charge is -2.35. The lowest BCUT2D eigenvalue weighted by atomic mass is 10.1. The standard InChI is InChI=1S/C20H25FN4O/c1-23(2)17-6-3-15(4-7-17)14-24-9-11-25(12-10-24)20(26)18-13-16(21)5-8-19(18)22/h3-8,13H,9-12,14,22H2,1-2H3. The van der Waals surface area contributed by atoms with Crippen molar-refractivity contribution in [1.82, 2.24) is 9.80 Å². The highest BCUT2D eigenvalue weighted by Crippen LogP contribution is 2.18. The van der Waals surface area contributed by atoms with Crippen LogP contribution in [0.2, 0.25) is 0 Å². The first-order valence-corrected chi connectivity index (χ1v) is 8.77. The molecule has 6 heteroatoms. The third kappa shape index (κ3) is 4.14. The average Bonchev–Trinajstić information content (AvgIpc) is 2.64. The smallest absolute Gasteiger partial charge is 0.256 e. The summed E-state index contributed by atoms with van der Waals surface area (Å²) in [5.41, 5.74) is 8.83. The van der Waals surface area contributed by atoms with E-state index >= 15 is 0 Å². The maximum Gasteiger partial charge on any atom is 0.256 e. The van der Waals surface area contributed by atoms with Crippen LogP contribution in [0.5, 0.6) is 0 Å². The van der Waals surface area contributed by atoms with Crippen molar-refractivity contribution in [3.63, 3.8) is 0 Å². The Labute approximate surface area is 153 Å². The zero-order chi connectivity index (χ0) is 18.7. The molecule has 0 spiro atoms. The third-order valence-electron chi connectivity index (χ3n) is 4.76. The number of nitrogens with zero attached hydrogens (tertiary/aromatic N) is 3. The molecule has 1 saturated heterocycles. The van der Waals surface area contributed by atoms with Gasteiger partial charge < -0.3 is 15.5 Å². The van der Waals surface area contributed by atoms with Gasteiger partial charge in [-0.1, -0.05) is 12.1 Å². The quantitative estimate of drug-likeness (QED) is 0.855. The molecule has 2 aromatic carbocycles. The van der Waals surface area contributed by atoms with E-state index in [1.807, 2.05) is 14.1 Å². The number of benzene rings is 2. The molecule has 1 aliphatic rings. The second-order valence-electron chi connectivity index (χ2n) is 6.86. The fraction of sp³-hybridized carbons (Fsp3) is 0.350. The van der Waals surface area contributed by atoms with Crippen molar-refractivity contribution in [1.29, 1.82) is 0 Å². The van der Waals surface area contributed by atoms with Gasteiger partial charge in [-0.25, -0.2) is 4.39 Å². The van der Waals surface area contributed by atoms with Crippen LogP contribution >= 0.6 is 0 Å². The van der Waals surface area contributed by atoms with Gasteiger partial charge in [0, 0.05) is 58.2 Å². The summed E-state index contributed by atoms with van der Waals surface area (Å²) >= 11 is 0. The molecule has 0 saturated carbocycles. The minimum Gasteiger partial charge on any atom is -0.398 e. The summed E-state index contributed by atoms with van der Waals surface area (Å²) in [6.07, 6.45) is 0. The zero-order valence-electron chi connectivity index (χ0n) is 15.3. The van der Waals surface area contributed by atoms with E-state index in [1.54, 1.807) is 4.90 Å². The Bertz CT molecular complexity index is 768. The summed E-state index contributed by atoms with van der Waals surface area (Å²) in [6.45, 7) is 3.67. The molecule has 3 rings (SSSR count). The lowest BCUT2D eigenvalue weighted by Crippen LogP contribution is -2.48. The molecule has 5 nitrogen and oxygen atoms in total. The summed E-state index contributed by atoms with van der Waals surface area (Å²) in [7, 11) is 4.05. The molecule has 1 heterocycles. The number of carbonyl (C=O) groups excluding carboxylic acids is 1. The Morgan fingerprint density at radius 2 is 1.73 bits per heavy atom. The molecule has 1 aliphatic heterocycles. The van der Waals surface area contributed by atoms with Crippen LogP contribution in [0.15, 0.2) is 42.5 Å². The molecule has 1 amide bonds. The van der Waals surface area contributed by atoms with Gasteiger partial charge in [-0.15, -0.1) is 0 Å². The number of anilines is 2. The van der Waals surface area contributed by atoms with Crippen LogP contribution in [0.3, 0.4) is 0 Å². The Morgan fingerprint density at radius 1 is 1.08 bits per heavy atom. The number of piperazine rings is 1. The van der Waals surface area contributed by atoms with Crippen LogP contribution in [0.25, 0.3) is 0 Å². The van der Waals surface area contributed by atoms with E-state index < -0.39 is 5.82 Å². The van der Waals surface area contributed by atoms with Crippen LogP contribution in [-0.4, -0.2) is 56.0 Å². The van der Waals surface area contributed by atoms with Gasteiger partial charge in [-0.2, -0.15) is 0 Å². The Kier molecular flexibility index (Phi) is 5.42. The molecule has 26 heavy (non-hydrogen) atoms. The van der Waals surface area contributed by atoms with Crippen molar-refractivity contribution in [3.8, 4) is 0 Å². The van der Waals surface area contributed by atoms with Crippen molar-refractivity contribution >= 4 is 17.3 Å². The van der Waals surface area contributed by atoms with E-state index in [9.17, 15) is 9.18 Å². The van der Waals surface area contributed by atoms with Gasteiger partial charge in [0.2, 0.25) is 0 Å². The van der Waals surface area contributed by atoms with Crippen LogP contribution in [0, 0.1) is 5.82 Å². The Hall–Kier alpha value is -2.60. The number of hydrogen-bond donors (Lipinski definition) is 1. The number of carbonyl (C=O) groups is 1. The van der Waals surface area contributed by atoms with Gasteiger partial charge in [0.05, 0.1) is 5.56 Å². The molecule has 0 atom stereocenters. The fourth-order valence-electron chi connectivity index (χ4n) is 3.15. The molecule has 2 N–H and O–H groups in total. The first-order chi connectivity index (χ1) is 12.4. The van der Waals surface area contributed by atoms with Gasteiger partial charge in [-0.05, 0) is 35.9 Å². The van der Waals surface area contributed by atoms with Gasteiger partial charge in [0.15, 0.2) is 0 Å². The van der Waals surface area contributed by atoms with Gasteiger partial charge in [-0.3, -0.25) is 9.69 Å². The molecule has 0 unspecified atom stereocenters. The summed E-state index contributed by atoms with van der Waals surface area (Å²) in [6, 6.07) is 12.4. The molecule has 0 bridgehead atoms. The molecular weight excluding hydrogens is 331 g/mol. The minimum absolute atomic E-state index is 0.197. The highest BCUT2D eigenvalue weighted by Gasteiger charge is 2.23. The average molecular weight is 356 g/mol. The normalized spacial score (nSPS) is 15.1. The maximum atomic E-state index is 13.4. The van der Waals surface area contributed by atoms with Crippen LogP contribution < -0.4 is 10.6 Å². The van der Waals surface area contributed by atoms with Crippen molar-refractivity contribution in [2.45, 2.75) is 6.54 Å². The van der Waals surface area contributed by atoms with Crippen molar-refractivity contribution in [3.05, 3.63) is 59.4 Å². The molecule has 138 valence electrons. The van der Waals surface area contributed by atoms with E-state index in [4.69, 9.17) is 5.73 Å². The highest BCUT2D eigenvalue weighted by atomic mass is 19.1. The first kappa shape index (κ1) is 18.2. The number of nitrogen functional groups attached to an aromatic ring is 1. The predicted octanol–water partition coefficient (Wildman–Crippen LogP) is 2.43. The van der Waals surface area contributed by atoms with Crippen LogP contribution in [-0.2, 0) is 6.54 Å². The molecule has 2 aromatic rings. The number of hydrogen-bond acceptors (Lipinski definition) is 4. The van der Waals surface area contributed by atoms with Gasteiger partial charge in [0.25, 0.3) is 5.91 Å². The maximum absolute atomic E-state index is 13.4. The molecular formula is C20H25FN4O. The zero-order valence-corrected chi connectivity index (χ0v) is 15.3. The lowest BCUT2D eigenvalue weighted by molar-refractivity contribution is 0.0629. The monoisotopic (exact) mass is 356 g/mol. The number of rotatable bonds is 4. The van der Waals surface area contributed by atoms with E-state index in [0.717, 1.165) is 19.6 Å². The first-order valence-electron chi connectivity index (χ1n) is 8.77. The molecule has 1 fully saturated rings. The Morgan fingerprint density at radius 3 is 2.35 bits per heavy atom. The molecule has 0 aliphatic carbocycles. The van der Waals surface area contributed by atoms with E-state index in [0.29, 0.717) is 18.8 Å². The van der Waals surface area contributed by atoms with Crippen LogP contribution in [0.4, 0.5) is 15.8 Å². The highest BCUT2D eigenvalue weighted by molar-refractivity contribution is 5.99. The molecule has 0 radical (unpaired) electrons. The number of halogens is 1. The Balaban J connectivity index is 1.57. The second kappa shape index (κ2) is 7.74. The molecule has 0 aromatic heterocycles. The number of amides is 1.